The van der Waals surface area contributed by atoms with E-state index >= 15 is 0 Å². The average Bonchev–Trinajstić information content (AvgIpc) is 3.19. The molecule has 0 aliphatic rings. The summed E-state index contributed by atoms with van der Waals surface area (Å²) in [4.78, 5) is 15.1. The van der Waals surface area contributed by atoms with Gasteiger partial charge in [0.25, 0.3) is 5.91 Å². The van der Waals surface area contributed by atoms with E-state index in [0.29, 0.717) is 30.2 Å². The van der Waals surface area contributed by atoms with Crippen molar-refractivity contribution in [2.75, 3.05) is 20.2 Å². The highest BCUT2D eigenvalue weighted by Crippen LogP contribution is 2.25. The zero-order chi connectivity index (χ0) is 20.8. The molecule has 0 unspecified atom stereocenters. The maximum absolute atomic E-state index is 13.4. The minimum absolute atomic E-state index is 0.0784. The second-order valence-electron chi connectivity index (χ2n) is 6.82. The molecule has 5 nitrogen and oxygen atoms in total. The first kappa shape index (κ1) is 20.6. The van der Waals surface area contributed by atoms with Crippen molar-refractivity contribution in [1.29, 1.82) is 0 Å². The molecule has 0 saturated heterocycles. The molecule has 1 aromatic heterocycles. The van der Waals surface area contributed by atoms with Gasteiger partial charge < -0.3 is 9.64 Å². The van der Waals surface area contributed by atoms with Gasteiger partial charge in [-0.1, -0.05) is 13.8 Å². The molecule has 0 aliphatic carbocycles. The summed E-state index contributed by atoms with van der Waals surface area (Å²) >= 11 is 0. The lowest BCUT2D eigenvalue weighted by Gasteiger charge is -2.21. The Balaban J connectivity index is 2.07. The van der Waals surface area contributed by atoms with Gasteiger partial charge in [0.1, 0.15) is 17.3 Å². The lowest BCUT2D eigenvalue weighted by atomic mass is 10.1. The van der Waals surface area contributed by atoms with Crippen LogP contribution < -0.4 is 4.74 Å². The van der Waals surface area contributed by atoms with Crippen LogP contribution in [0.1, 0.15) is 37.2 Å². The fourth-order valence-corrected chi connectivity index (χ4v) is 3.23. The highest BCUT2D eigenvalue weighted by atomic mass is 19.1. The van der Waals surface area contributed by atoms with Crippen LogP contribution >= 0.6 is 0 Å². The monoisotopic (exact) mass is 395 g/mol. The molecule has 3 aromatic rings. The third-order valence-corrected chi connectivity index (χ3v) is 4.66. The zero-order valence-electron chi connectivity index (χ0n) is 17.1. The van der Waals surface area contributed by atoms with Crippen molar-refractivity contribution in [3.8, 4) is 22.7 Å². The lowest BCUT2D eigenvalue weighted by molar-refractivity contribution is 0.0746. The molecule has 0 radical (unpaired) electrons. The average molecular weight is 395 g/mol. The summed E-state index contributed by atoms with van der Waals surface area (Å²) in [6, 6.07) is 15.3. The molecule has 0 aliphatic heterocycles. The molecule has 1 amide bonds. The Morgan fingerprint density at radius 2 is 1.66 bits per heavy atom. The first-order chi connectivity index (χ1) is 14.1. The van der Waals surface area contributed by atoms with Crippen molar-refractivity contribution in [3.05, 3.63) is 66.1 Å². The van der Waals surface area contributed by atoms with Crippen molar-refractivity contribution < 1.29 is 13.9 Å². The van der Waals surface area contributed by atoms with Crippen LogP contribution in [0, 0.1) is 5.82 Å². The van der Waals surface area contributed by atoms with Gasteiger partial charge in [-0.15, -0.1) is 0 Å². The van der Waals surface area contributed by atoms with Gasteiger partial charge in [-0.25, -0.2) is 9.07 Å². The van der Waals surface area contributed by atoms with E-state index in [9.17, 15) is 9.18 Å². The van der Waals surface area contributed by atoms with Gasteiger partial charge in [-0.3, -0.25) is 4.79 Å². The Morgan fingerprint density at radius 3 is 2.21 bits per heavy atom. The van der Waals surface area contributed by atoms with E-state index in [2.05, 4.69) is 18.9 Å². The number of rotatable bonds is 8. The number of carbonyl (C=O) groups is 1. The number of hydrogen-bond donors (Lipinski definition) is 0. The smallest absolute Gasteiger partial charge is 0.272 e. The van der Waals surface area contributed by atoms with E-state index in [1.165, 1.54) is 12.1 Å². The van der Waals surface area contributed by atoms with Crippen LogP contribution in [-0.2, 0) is 0 Å². The molecule has 29 heavy (non-hydrogen) atoms. The molecule has 152 valence electrons. The predicted molar refractivity (Wildman–Crippen MR) is 112 cm³/mol. The Bertz CT molecular complexity index is 943. The van der Waals surface area contributed by atoms with Crippen LogP contribution in [0.15, 0.2) is 54.6 Å². The number of methoxy groups -OCH3 is 1. The minimum Gasteiger partial charge on any atom is -0.497 e. The normalized spacial score (nSPS) is 10.8. The van der Waals surface area contributed by atoms with E-state index in [0.717, 1.165) is 24.2 Å². The highest BCUT2D eigenvalue weighted by Gasteiger charge is 2.22. The van der Waals surface area contributed by atoms with Gasteiger partial charge in [0.2, 0.25) is 0 Å². The SMILES string of the molecule is CCCN(CCC)C(=O)c1cc(-c2ccc(OC)cc2)nn1-c1ccc(F)cc1. The van der Waals surface area contributed by atoms with E-state index in [4.69, 9.17) is 4.74 Å². The van der Waals surface area contributed by atoms with Crippen LogP contribution in [-0.4, -0.2) is 40.8 Å². The molecule has 1 heterocycles. The lowest BCUT2D eigenvalue weighted by Crippen LogP contribution is -2.33. The summed E-state index contributed by atoms with van der Waals surface area (Å²) in [6.45, 7) is 5.46. The van der Waals surface area contributed by atoms with Crippen LogP contribution in [0.5, 0.6) is 5.75 Å². The summed E-state index contributed by atoms with van der Waals surface area (Å²) < 4.78 is 20.2. The number of hydrogen-bond acceptors (Lipinski definition) is 3. The Kier molecular flexibility index (Phi) is 6.65. The van der Waals surface area contributed by atoms with E-state index in [1.807, 2.05) is 29.2 Å². The molecule has 0 atom stereocenters. The third-order valence-electron chi connectivity index (χ3n) is 4.66. The van der Waals surface area contributed by atoms with Gasteiger partial charge in [0.15, 0.2) is 0 Å². The van der Waals surface area contributed by atoms with E-state index < -0.39 is 0 Å². The van der Waals surface area contributed by atoms with Crippen LogP contribution in [0.3, 0.4) is 0 Å². The fourth-order valence-electron chi connectivity index (χ4n) is 3.23. The molecule has 2 aromatic carbocycles. The van der Waals surface area contributed by atoms with Crippen LogP contribution in [0.25, 0.3) is 16.9 Å². The number of ether oxygens (including phenoxy) is 1. The van der Waals surface area contributed by atoms with Crippen LogP contribution in [0.2, 0.25) is 0 Å². The van der Waals surface area contributed by atoms with Gasteiger partial charge in [0.05, 0.1) is 18.5 Å². The molecule has 0 saturated carbocycles. The predicted octanol–water partition coefficient (Wildman–Crippen LogP) is 4.95. The molecule has 6 heteroatoms. The maximum atomic E-state index is 13.4. The third kappa shape index (κ3) is 4.65. The van der Waals surface area contributed by atoms with Gasteiger partial charge >= 0.3 is 0 Å². The topological polar surface area (TPSA) is 47.4 Å². The highest BCUT2D eigenvalue weighted by molar-refractivity contribution is 5.94. The molecular weight excluding hydrogens is 369 g/mol. The van der Waals surface area contributed by atoms with Gasteiger partial charge in [0, 0.05) is 18.7 Å². The van der Waals surface area contributed by atoms with E-state index in [1.54, 1.807) is 30.0 Å². The van der Waals surface area contributed by atoms with Crippen molar-refractivity contribution >= 4 is 5.91 Å². The number of aromatic nitrogens is 2. The van der Waals surface area contributed by atoms with Crippen molar-refractivity contribution in [2.24, 2.45) is 0 Å². The summed E-state index contributed by atoms with van der Waals surface area (Å²) in [5, 5.41) is 4.67. The second kappa shape index (κ2) is 9.37. The second-order valence-corrected chi connectivity index (χ2v) is 6.82. The van der Waals surface area contributed by atoms with Crippen LogP contribution in [0.4, 0.5) is 4.39 Å². The number of halogens is 1. The number of benzene rings is 2. The Morgan fingerprint density at radius 1 is 1.03 bits per heavy atom. The van der Waals surface area contributed by atoms with Gasteiger partial charge in [-0.2, -0.15) is 5.10 Å². The van der Waals surface area contributed by atoms with Crippen molar-refractivity contribution in [1.82, 2.24) is 14.7 Å². The maximum Gasteiger partial charge on any atom is 0.272 e. The first-order valence-corrected chi connectivity index (χ1v) is 9.87. The molecule has 0 N–H and O–H groups in total. The zero-order valence-corrected chi connectivity index (χ0v) is 17.1. The molecule has 3 rings (SSSR count). The van der Waals surface area contributed by atoms with Crippen molar-refractivity contribution in [3.63, 3.8) is 0 Å². The number of nitrogens with zero attached hydrogens (tertiary/aromatic N) is 3. The van der Waals surface area contributed by atoms with Crippen molar-refractivity contribution in [2.45, 2.75) is 26.7 Å². The largest absolute Gasteiger partial charge is 0.497 e. The number of amides is 1. The molecular formula is C23H26FN3O2. The summed E-state index contributed by atoms with van der Waals surface area (Å²) in [6.07, 6.45) is 1.75. The Labute approximate surface area is 170 Å². The molecule has 0 spiro atoms. The quantitative estimate of drug-likeness (QED) is 0.542. The number of carbonyl (C=O) groups excluding carboxylic acids is 1. The first-order valence-electron chi connectivity index (χ1n) is 9.87. The molecule has 0 fully saturated rings. The summed E-state index contributed by atoms with van der Waals surface area (Å²) in [7, 11) is 1.62. The minimum atomic E-state index is -0.331. The summed E-state index contributed by atoms with van der Waals surface area (Å²) in [5.41, 5.74) is 2.65. The summed E-state index contributed by atoms with van der Waals surface area (Å²) in [5.74, 6) is 0.341. The fraction of sp³-hybridized carbons (Fsp3) is 0.304. The standard InChI is InChI=1S/C23H26FN3O2/c1-4-14-26(15-5-2)23(28)22-16-21(17-6-12-20(29-3)13-7-17)25-27(22)19-10-8-18(24)9-11-19/h6-13,16H,4-5,14-15H2,1-3H3. The van der Waals surface area contributed by atoms with Gasteiger partial charge in [-0.05, 0) is 67.4 Å². The Hall–Kier alpha value is -3.15. The van der Waals surface area contributed by atoms with E-state index in [-0.39, 0.29) is 11.7 Å². The molecule has 0 bridgehead atoms.